The highest BCUT2D eigenvalue weighted by Crippen LogP contribution is 2.58. The maximum Gasteiger partial charge on any atom is 0.119 e. The van der Waals surface area contributed by atoms with Gasteiger partial charge in [-0.3, -0.25) is 0 Å². The lowest BCUT2D eigenvalue weighted by Crippen LogP contribution is -2.36. The zero-order valence-corrected chi connectivity index (χ0v) is 38.2. The Morgan fingerprint density at radius 2 is 0.750 bits per heavy atom. The Labute approximate surface area is 395 Å². The van der Waals surface area contributed by atoms with Gasteiger partial charge in [0.15, 0.2) is 0 Å². The van der Waals surface area contributed by atoms with E-state index in [-0.39, 0.29) is 0 Å². The second-order valence-electron chi connectivity index (χ2n) is 17.2. The Hall–Kier alpha value is -8.68. The Kier molecular flexibility index (Phi) is 9.80. The van der Waals surface area contributed by atoms with E-state index < -0.39 is 5.41 Å². The Bertz CT molecular complexity index is 3310. The summed E-state index contributed by atoms with van der Waals surface area (Å²) in [6.07, 6.45) is 4.60. The van der Waals surface area contributed by atoms with Gasteiger partial charge < -0.3 is 33.3 Å². The molecule has 0 bridgehead atoms. The molecule has 0 saturated heterocycles. The number of aromatic nitrogens is 1. The van der Waals surface area contributed by atoms with Gasteiger partial charge in [-0.25, -0.2) is 0 Å². The molecule has 7 heteroatoms. The second kappa shape index (κ2) is 16.3. The third-order valence-corrected chi connectivity index (χ3v) is 13.8. The first-order chi connectivity index (χ1) is 33.5. The molecule has 0 fully saturated rings. The number of hydrogen-bond acceptors (Lipinski definition) is 6. The molecule has 12 rings (SSSR count). The first-order valence-electron chi connectivity index (χ1n) is 22.8. The summed E-state index contributed by atoms with van der Waals surface area (Å²) in [7, 11) is 6.81. The highest BCUT2D eigenvalue weighted by molar-refractivity contribution is 6.12. The molecule has 7 nitrogen and oxygen atoms in total. The number of methoxy groups -OCH3 is 4. The van der Waals surface area contributed by atoms with Crippen LogP contribution in [0, 0.1) is 0 Å². The molecular formula is C61H47N3O4. The quantitative estimate of drug-likeness (QED) is 0.136. The number of ether oxygens (including phenoxy) is 4. The minimum Gasteiger partial charge on any atom is -0.497 e. The van der Waals surface area contributed by atoms with Gasteiger partial charge in [0.2, 0.25) is 0 Å². The van der Waals surface area contributed by atoms with Crippen LogP contribution in [0.1, 0.15) is 33.4 Å². The van der Waals surface area contributed by atoms with Gasteiger partial charge in [0, 0.05) is 44.9 Å². The molecule has 1 aliphatic heterocycles. The van der Waals surface area contributed by atoms with Crippen molar-refractivity contribution in [2.24, 2.45) is 0 Å². The molecule has 1 spiro atoms. The fourth-order valence-corrected chi connectivity index (χ4v) is 10.7. The molecule has 9 aromatic carbocycles. The van der Waals surface area contributed by atoms with Crippen molar-refractivity contribution in [1.29, 1.82) is 0 Å². The zero-order valence-electron chi connectivity index (χ0n) is 38.2. The molecule has 1 aromatic heterocycles. The largest absolute Gasteiger partial charge is 0.497 e. The van der Waals surface area contributed by atoms with Crippen LogP contribution in [0.25, 0.3) is 39.6 Å². The Morgan fingerprint density at radius 3 is 1.22 bits per heavy atom. The van der Waals surface area contributed by atoms with Crippen molar-refractivity contribution in [3.05, 3.63) is 234 Å². The smallest absolute Gasteiger partial charge is 0.119 e. The molecule has 10 aromatic rings. The highest BCUT2D eigenvalue weighted by Gasteiger charge is 2.48. The van der Waals surface area contributed by atoms with Gasteiger partial charge in [-0.2, -0.15) is 0 Å². The highest BCUT2D eigenvalue weighted by atomic mass is 16.5. The van der Waals surface area contributed by atoms with E-state index in [1.54, 1.807) is 28.4 Å². The minimum absolute atomic E-state index is 0.794. The van der Waals surface area contributed by atoms with E-state index in [0.717, 1.165) is 73.9 Å². The van der Waals surface area contributed by atoms with Crippen molar-refractivity contribution >= 4 is 68.1 Å². The summed E-state index contributed by atoms with van der Waals surface area (Å²) in [6.45, 7) is 0. The summed E-state index contributed by atoms with van der Waals surface area (Å²) in [5.41, 5.74) is 15.8. The monoisotopic (exact) mass is 885 g/mol. The van der Waals surface area contributed by atoms with E-state index in [2.05, 4.69) is 178 Å². The molecule has 0 atom stereocenters. The zero-order chi connectivity index (χ0) is 45.9. The fraction of sp³-hybridized carbons (Fsp3) is 0.0820. The van der Waals surface area contributed by atoms with Gasteiger partial charge in [-0.05, 0) is 167 Å². The number of hydrogen-bond donors (Lipinski definition) is 0. The summed E-state index contributed by atoms with van der Waals surface area (Å²) in [6, 6.07) is 71.8. The van der Waals surface area contributed by atoms with Crippen LogP contribution >= 0.6 is 0 Å². The predicted octanol–water partition coefficient (Wildman–Crippen LogP) is 14.9. The molecule has 0 unspecified atom stereocenters. The molecule has 0 amide bonds. The van der Waals surface area contributed by atoms with E-state index >= 15 is 0 Å². The summed E-state index contributed by atoms with van der Waals surface area (Å²) < 4.78 is 25.1. The van der Waals surface area contributed by atoms with Crippen LogP contribution in [0.15, 0.2) is 200 Å². The molecule has 1 aliphatic carbocycles. The molecule has 0 saturated carbocycles. The summed E-state index contributed by atoms with van der Waals surface area (Å²) in [5.74, 6) is 3.18. The van der Waals surface area contributed by atoms with Gasteiger partial charge >= 0.3 is 0 Å². The first kappa shape index (κ1) is 40.8. The van der Waals surface area contributed by atoms with Gasteiger partial charge in [0.05, 0.1) is 50.6 Å². The van der Waals surface area contributed by atoms with Gasteiger partial charge in [0.25, 0.3) is 0 Å². The summed E-state index contributed by atoms with van der Waals surface area (Å²) in [5, 5.41) is 2.44. The third-order valence-electron chi connectivity index (χ3n) is 13.8. The van der Waals surface area contributed by atoms with Crippen molar-refractivity contribution < 1.29 is 18.9 Å². The van der Waals surface area contributed by atoms with E-state index in [1.807, 2.05) is 48.5 Å². The topological polar surface area (TPSA) is 48.3 Å². The van der Waals surface area contributed by atoms with Gasteiger partial charge in [0.1, 0.15) is 23.0 Å². The van der Waals surface area contributed by atoms with Crippen molar-refractivity contribution in [1.82, 2.24) is 4.57 Å². The third kappa shape index (κ3) is 6.27. The number of benzene rings is 9. The Morgan fingerprint density at radius 1 is 0.353 bits per heavy atom. The minimum atomic E-state index is -0.822. The normalized spacial score (nSPS) is 12.8. The lowest BCUT2D eigenvalue weighted by atomic mass is 9.61. The Balaban J connectivity index is 1.19. The van der Waals surface area contributed by atoms with E-state index in [1.165, 1.54) is 44.1 Å². The van der Waals surface area contributed by atoms with E-state index in [9.17, 15) is 0 Å². The number of anilines is 6. The van der Waals surface area contributed by atoms with Crippen LogP contribution in [0.3, 0.4) is 0 Å². The number of para-hydroxylation sites is 3. The number of nitrogens with zero attached hydrogens (tertiary/aromatic N) is 3. The second-order valence-corrected chi connectivity index (χ2v) is 17.2. The van der Waals surface area contributed by atoms with Crippen molar-refractivity contribution in [3.8, 4) is 28.7 Å². The summed E-state index contributed by atoms with van der Waals surface area (Å²) in [4.78, 5) is 4.64. The molecular weight excluding hydrogens is 839 g/mol. The fourth-order valence-electron chi connectivity index (χ4n) is 10.7. The molecule has 2 aliphatic rings. The average Bonchev–Trinajstić information content (AvgIpc) is 3.67. The summed E-state index contributed by atoms with van der Waals surface area (Å²) >= 11 is 0. The first-order valence-corrected chi connectivity index (χ1v) is 22.8. The van der Waals surface area contributed by atoms with Crippen LogP contribution in [0.5, 0.6) is 23.0 Å². The number of rotatable bonds is 10. The van der Waals surface area contributed by atoms with Crippen molar-refractivity contribution in [2.45, 2.75) is 5.41 Å². The molecule has 2 heterocycles. The SMILES string of the molecule is COc1ccc(N(c2ccc(OC)cc2)c2ccc3c(c2)C2(c4cc(N(c5ccc(OC)cc5)c5ccc(OC)cc5)ccc4C=C3)c3ccccc3-n3c4ccccc4c4cccc2c43)cc1. The molecule has 0 radical (unpaired) electrons. The van der Waals surface area contributed by atoms with E-state index in [4.69, 9.17) is 18.9 Å². The van der Waals surface area contributed by atoms with Crippen LogP contribution < -0.4 is 28.7 Å². The van der Waals surface area contributed by atoms with Gasteiger partial charge in [-0.1, -0.05) is 78.9 Å². The van der Waals surface area contributed by atoms with Crippen LogP contribution in [0.4, 0.5) is 34.1 Å². The van der Waals surface area contributed by atoms with Gasteiger partial charge in [-0.15, -0.1) is 0 Å². The predicted molar refractivity (Wildman–Crippen MR) is 277 cm³/mol. The van der Waals surface area contributed by atoms with Crippen LogP contribution in [0.2, 0.25) is 0 Å². The number of fused-ring (bicyclic) bond motifs is 11. The standard InChI is InChI=1S/C61H47N3O4/c1-65-48-30-22-42(23-31-48)62(43-24-32-49(66-2)33-25-43)46-20-18-40-16-17-41-19-21-47(63(44-26-34-50(67-3)35-27-44)45-28-36-51(68-4)37-29-45)39-57(41)61(56(40)38-46)54-12-6-8-15-59(54)64-58-14-7-5-10-52(58)53-11-9-13-55(61)60(53)64/h5-39H,1-4H3. The molecule has 330 valence electrons. The van der Waals surface area contributed by atoms with Crippen molar-refractivity contribution in [3.63, 3.8) is 0 Å². The average molecular weight is 886 g/mol. The van der Waals surface area contributed by atoms with E-state index in [0.29, 0.717) is 0 Å². The van der Waals surface area contributed by atoms with Crippen molar-refractivity contribution in [2.75, 3.05) is 38.2 Å². The molecule has 68 heavy (non-hydrogen) atoms. The maximum absolute atomic E-state index is 5.64. The van der Waals surface area contributed by atoms with Crippen LogP contribution in [-0.2, 0) is 5.41 Å². The lowest BCUT2D eigenvalue weighted by molar-refractivity contribution is 0.414. The lowest BCUT2D eigenvalue weighted by Gasteiger charge is -2.43. The maximum atomic E-state index is 5.64. The molecule has 0 N–H and O–H groups in total. The van der Waals surface area contributed by atoms with Crippen LogP contribution in [-0.4, -0.2) is 33.0 Å².